The number of rotatable bonds is 3. The highest BCUT2D eigenvalue weighted by Crippen LogP contribution is 2.29. The monoisotopic (exact) mass is 263 g/mol. The standard InChI is InChI=1S/C13H14ClN3O/c1-8-5-9(15)7-16-13(8)17-12-4-3-10(18-2)6-11(12)14/h3-7H,15H2,1-2H3,(H,16,17). The van der Waals surface area contributed by atoms with Crippen LogP contribution in [0.5, 0.6) is 5.75 Å². The van der Waals surface area contributed by atoms with Gasteiger partial charge in [0.05, 0.1) is 29.7 Å². The fourth-order valence-corrected chi connectivity index (χ4v) is 1.80. The van der Waals surface area contributed by atoms with Crippen molar-refractivity contribution in [3.63, 3.8) is 0 Å². The topological polar surface area (TPSA) is 60.2 Å². The van der Waals surface area contributed by atoms with Crippen molar-refractivity contribution in [2.75, 3.05) is 18.2 Å². The first-order chi connectivity index (χ1) is 8.60. The van der Waals surface area contributed by atoms with Crippen LogP contribution < -0.4 is 15.8 Å². The summed E-state index contributed by atoms with van der Waals surface area (Å²) < 4.78 is 5.10. The second kappa shape index (κ2) is 5.14. The number of methoxy groups -OCH3 is 1. The van der Waals surface area contributed by atoms with E-state index < -0.39 is 0 Å². The maximum atomic E-state index is 6.15. The van der Waals surface area contributed by atoms with E-state index in [1.165, 1.54) is 0 Å². The predicted octanol–water partition coefficient (Wildman–Crippen LogP) is 3.38. The van der Waals surface area contributed by atoms with Gasteiger partial charge in [-0.1, -0.05) is 11.6 Å². The van der Waals surface area contributed by atoms with Gasteiger partial charge in [0, 0.05) is 6.07 Å². The SMILES string of the molecule is COc1ccc(Nc2ncc(N)cc2C)c(Cl)c1. The lowest BCUT2D eigenvalue weighted by Gasteiger charge is -2.11. The van der Waals surface area contributed by atoms with E-state index in [2.05, 4.69) is 10.3 Å². The molecule has 2 aromatic rings. The lowest BCUT2D eigenvalue weighted by Crippen LogP contribution is -1.98. The molecule has 0 fully saturated rings. The zero-order valence-electron chi connectivity index (χ0n) is 10.2. The van der Waals surface area contributed by atoms with Gasteiger partial charge in [0.15, 0.2) is 0 Å². The van der Waals surface area contributed by atoms with Gasteiger partial charge in [0.2, 0.25) is 0 Å². The normalized spacial score (nSPS) is 10.2. The molecule has 3 N–H and O–H groups in total. The average Bonchev–Trinajstić information content (AvgIpc) is 2.34. The number of nitrogens with two attached hydrogens (primary N) is 1. The molecule has 0 saturated heterocycles. The fourth-order valence-electron chi connectivity index (χ4n) is 1.58. The van der Waals surface area contributed by atoms with Crippen LogP contribution in [0.25, 0.3) is 0 Å². The van der Waals surface area contributed by atoms with E-state index in [-0.39, 0.29) is 0 Å². The van der Waals surface area contributed by atoms with Crippen LogP contribution in [-0.4, -0.2) is 12.1 Å². The average molecular weight is 264 g/mol. The molecular formula is C13H14ClN3O. The van der Waals surface area contributed by atoms with Gasteiger partial charge in [-0.3, -0.25) is 0 Å². The molecule has 0 aliphatic heterocycles. The molecule has 0 unspecified atom stereocenters. The fraction of sp³-hybridized carbons (Fsp3) is 0.154. The Morgan fingerprint density at radius 2 is 2.11 bits per heavy atom. The van der Waals surface area contributed by atoms with Crippen molar-refractivity contribution < 1.29 is 4.74 Å². The van der Waals surface area contributed by atoms with E-state index in [0.29, 0.717) is 16.5 Å². The number of halogens is 1. The maximum Gasteiger partial charge on any atom is 0.133 e. The first-order valence-corrected chi connectivity index (χ1v) is 5.80. The van der Waals surface area contributed by atoms with Gasteiger partial charge in [0.1, 0.15) is 11.6 Å². The van der Waals surface area contributed by atoms with Crippen LogP contribution in [0.15, 0.2) is 30.5 Å². The number of anilines is 3. The number of nitrogens with one attached hydrogen (secondary N) is 1. The summed E-state index contributed by atoms with van der Waals surface area (Å²) in [6.07, 6.45) is 1.60. The summed E-state index contributed by atoms with van der Waals surface area (Å²) in [4.78, 5) is 4.23. The molecule has 1 heterocycles. The van der Waals surface area contributed by atoms with Crippen LogP contribution in [0, 0.1) is 6.92 Å². The quantitative estimate of drug-likeness (QED) is 0.891. The molecule has 5 heteroatoms. The first-order valence-electron chi connectivity index (χ1n) is 5.43. The molecule has 4 nitrogen and oxygen atoms in total. The summed E-state index contributed by atoms with van der Waals surface area (Å²) in [6.45, 7) is 1.93. The van der Waals surface area contributed by atoms with Crippen molar-refractivity contribution in [2.45, 2.75) is 6.92 Å². The molecule has 18 heavy (non-hydrogen) atoms. The molecule has 0 amide bonds. The number of nitrogen functional groups attached to an aromatic ring is 1. The van der Waals surface area contributed by atoms with Crippen molar-refractivity contribution in [1.29, 1.82) is 0 Å². The third kappa shape index (κ3) is 2.65. The van der Waals surface area contributed by atoms with E-state index in [1.807, 2.05) is 25.1 Å². The van der Waals surface area contributed by atoms with Crippen LogP contribution in [-0.2, 0) is 0 Å². The van der Waals surface area contributed by atoms with E-state index in [0.717, 1.165) is 17.1 Å². The molecule has 94 valence electrons. The Kier molecular flexibility index (Phi) is 3.58. The summed E-state index contributed by atoms with van der Waals surface area (Å²) in [7, 11) is 1.60. The minimum absolute atomic E-state index is 0.576. The van der Waals surface area contributed by atoms with Crippen molar-refractivity contribution >= 4 is 28.8 Å². The molecule has 0 saturated carbocycles. The number of benzene rings is 1. The minimum Gasteiger partial charge on any atom is -0.497 e. The molecule has 1 aromatic carbocycles. The number of nitrogens with zero attached hydrogens (tertiary/aromatic N) is 1. The Balaban J connectivity index is 2.28. The van der Waals surface area contributed by atoms with E-state index in [9.17, 15) is 0 Å². The number of hydrogen-bond acceptors (Lipinski definition) is 4. The summed E-state index contributed by atoms with van der Waals surface area (Å²) in [5.41, 5.74) is 8.03. The molecule has 0 spiro atoms. The van der Waals surface area contributed by atoms with Crippen molar-refractivity contribution in [1.82, 2.24) is 4.98 Å². The van der Waals surface area contributed by atoms with Gasteiger partial charge < -0.3 is 15.8 Å². The predicted molar refractivity (Wildman–Crippen MR) is 74.7 cm³/mol. The molecule has 0 aliphatic rings. The van der Waals surface area contributed by atoms with Gasteiger partial charge in [-0.25, -0.2) is 4.98 Å². The van der Waals surface area contributed by atoms with Gasteiger partial charge in [0.25, 0.3) is 0 Å². The summed E-state index contributed by atoms with van der Waals surface area (Å²) in [5, 5.41) is 3.74. The first kappa shape index (κ1) is 12.5. The summed E-state index contributed by atoms with van der Waals surface area (Å²) in [5.74, 6) is 1.45. The van der Waals surface area contributed by atoms with Crippen molar-refractivity contribution in [3.05, 3.63) is 41.0 Å². The zero-order chi connectivity index (χ0) is 13.1. The number of hydrogen-bond donors (Lipinski definition) is 2. The van der Waals surface area contributed by atoms with Gasteiger partial charge >= 0.3 is 0 Å². The van der Waals surface area contributed by atoms with E-state index in [4.69, 9.17) is 22.1 Å². The molecule has 0 atom stereocenters. The molecule has 1 aromatic heterocycles. The smallest absolute Gasteiger partial charge is 0.133 e. The minimum atomic E-state index is 0.576. The van der Waals surface area contributed by atoms with Crippen LogP contribution in [0.3, 0.4) is 0 Å². The Morgan fingerprint density at radius 1 is 1.33 bits per heavy atom. The molecule has 0 radical (unpaired) electrons. The Bertz CT molecular complexity index is 572. The number of pyridine rings is 1. The zero-order valence-corrected chi connectivity index (χ0v) is 11.0. The van der Waals surface area contributed by atoms with Crippen LogP contribution >= 0.6 is 11.6 Å². The molecule has 0 aliphatic carbocycles. The summed E-state index contributed by atoms with van der Waals surface area (Å²) >= 11 is 6.15. The Morgan fingerprint density at radius 3 is 2.72 bits per heavy atom. The lowest BCUT2D eigenvalue weighted by molar-refractivity contribution is 0.415. The maximum absolute atomic E-state index is 6.15. The highest BCUT2D eigenvalue weighted by molar-refractivity contribution is 6.33. The number of aromatic nitrogens is 1. The lowest BCUT2D eigenvalue weighted by atomic mass is 10.2. The molecule has 0 bridgehead atoms. The number of ether oxygens (including phenoxy) is 1. The second-order valence-corrected chi connectivity index (χ2v) is 4.31. The third-order valence-electron chi connectivity index (χ3n) is 2.53. The van der Waals surface area contributed by atoms with Crippen LogP contribution in [0.4, 0.5) is 17.2 Å². The van der Waals surface area contributed by atoms with Gasteiger partial charge in [-0.2, -0.15) is 0 Å². The third-order valence-corrected chi connectivity index (χ3v) is 2.84. The highest BCUT2D eigenvalue weighted by Gasteiger charge is 2.05. The van der Waals surface area contributed by atoms with Crippen LogP contribution in [0.2, 0.25) is 5.02 Å². The van der Waals surface area contributed by atoms with Crippen molar-refractivity contribution in [3.8, 4) is 5.75 Å². The second-order valence-electron chi connectivity index (χ2n) is 3.90. The van der Waals surface area contributed by atoms with E-state index in [1.54, 1.807) is 19.4 Å². The molecular weight excluding hydrogens is 250 g/mol. The van der Waals surface area contributed by atoms with Crippen molar-refractivity contribution in [2.24, 2.45) is 0 Å². The number of aryl methyl sites for hydroxylation is 1. The molecule has 2 rings (SSSR count). The largest absolute Gasteiger partial charge is 0.497 e. The Labute approximate surface area is 111 Å². The van der Waals surface area contributed by atoms with Gasteiger partial charge in [-0.05, 0) is 30.7 Å². The highest BCUT2D eigenvalue weighted by atomic mass is 35.5. The van der Waals surface area contributed by atoms with E-state index >= 15 is 0 Å². The van der Waals surface area contributed by atoms with Crippen LogP contribution in [0.1, 0.15) is 5.56 Å². The summed E-state index contributed by atoms with van der Waals surface area (Å²) in [6, 6.07) is 7.28. The van der Waals surface area contributed by atoms with Gasteiger partial charge in [-0.15, -0.1) is 0 Å². The Hall–Kier alpha value is -1.94.